The standard InChI is InChI=1S/C10H13NO4/c1-13-11-6-7-4-9-10(5-8(7)12)15-3-2-14-9/h4-5,11-12H,2-3,6H2,1H3. The van der Waals surface area contributed by atoms with E-state index in [-0.39, 0.29) is 5.75 Å². The predicted octanol–water partition coefficient (Wildman–Crippen LogP) is 0.814. The number of benzene rings is 1. The topological polar surface area (TPSA) is 60.0 Å². The fourth-order valence-electron chi connectivity index (χ4n) is 1.41. The van der Waals surface area contributed by atoms with Crippen molar-refractivity contribution in [2.45, 2.75) is 6.54 Å². The van der Waals surface area contributed by atoms with Gasteiger partial charge < -0.3 is 19.4 Å². The maximum atomic E-state index is 9.66. The van der Waals surface area contributed by atoms with Crippen molar-refractivity contribution in [1.29, 1.82) is 0 Å². The number of ether oxygens (including phenoxy) is 2. The molecule has 0 radical (unpaired) electrons. The predicted molar refractivity (Wildman–Crippen MR) is 52.9 cm³/mol. The molecule has 1 aliphatic rings. The number of phenols is 1. The van der Waals surface area contributed by atoms with E-state index in [0.29, 0.717) is 36.8 Å². The van der Waals surface area contributed by atoms with Gasteiger partial charge >= 0.3 is 0 Å². The molecule has 0 spiro atoms. The molecule has 1 aromatic rings. The molecule has 15 heavy (non-hydrogen) atoms. The molecular formula is C10H13NO4. The van der Waals surface area contributed by atoms with Crippen LogP contribution in [-0.2, 0) is 11.4 Å². The average molecular weight is 211 g/mol. The number of phenolic OH excluding ortho intramolecular Hbond substituents is 1. The molecule has 2 N–H and O–H groups in total. The van der Waals surface area contributed by atoms with Crippen molar-refractivity contribution in [3.05, 3.63) is 17.7 Å². The van der Waals surface area contributed by atoms with E-state index in [4.69, 9.17) is 14.3 Å². The second kappa shape index (κ2) is 4.37. The Labute approximate surface area is 87.5 Å². The lowest BCUT2D eigenvalue weighted by Crippen LogP contribution is -2.16. The SMILES string of the molecule is CONCc1cc2c(cc1O)OCCO2. The fraction of sp³-hybridized carbons (Fsp3) is 0.400. The lowest BCUT2D eigenvalue weighted by molar-refractivity contribution is 0.0859. The Morgan fingerprint density at radius 1 is 1.33 bits per heavy atom. The molecule has 0 atom stereocenters. The van der Waals surface area contributed by atoms with Crippen LogP contribution < -0.4 is 15.0 Å². The fourth-order valence-corrected chi connectivity index (χ4v) is 1.41. The van der Waals surface area contributed by atoms with Crippen LogP contribution >= 0.6 is 0 Å². The van der Waals surface area contributed by atoms with Gasteiger partial charge in [-0.15, -0.1) is 0 Å². The van der Waals surface area contributed by atoms with E-state index in [2.05, 4.69) is 5.48 Å². The van der Waals surface area contributed by atoms with E-state index in [1.807, 2.05) is 0 Å². The quantitative estimate of drug-likeness (QED) is 0.725. The molecule has 1 heterocycles. The van der Waals surface area contributed by atoms with Crippen molar-refractivity contribution < 1.29 is 19.4 Å². The summed E-state index contributed by atoms with van der Waals surface area (Å²) in [5.74, 6) is 1.41. The maximum Gasteiger partial charge on any atom is 0.165 e. The van der Waals surface area contributed by atoms with Gasteiger partial charge in [-0.25, -0.2) is 0 Å². The number of hydrogen-bond acceptors (Lipinski definition) is 5. The molecular weight excluding hydrogens is 198 g/mol. The van der Waals surface area contributed by atoms with Crippen LogP contribution in [0.1, 0.15) is 5.56 Å². The number of fused-ring (bicyclic) bond motifs is 1. The summed E-state index contributed by atoms with van der Waals surface area (Å²) < 4.78 is 10.7. The Morgan fingerprint density at radius 3 is 2.67 bits per heavy atom. The average Bonchev–Trinajstić information content (AvgIpc) is 2.26. The molecule has 0 bridgehead atoms. The highest BCUT2D eigenvalue weighted by Crippen LogP contribution is 2.35. The van der Waals surface area contributed by atoms with E-state index >= 15 is 0 Å². The lowest BCUT2D eigenvalue weighted by atomic mass is 10.1. The minimum absolute atomic E-state index is 0.170. The summed E-state index contributed by atoms with van der Waals surface area (Å²) in [5, 5.41) is 9.66. The van der Waals surface area contributed by atoms with Gasteiger partial charge in [-0.1, -0.05) is 0 Å². The Balaban J connectivity index is 2.24. The van der Waals surface area contributed by atoms with Gasteiger partial charge in [0.25, 0.3) is 0 Å². The Morgan fingerprint density at radius 2 is 2.00 bits per heavy atom. The first-order chi connectivity index (χ1) is 7.31. The van der Waals surface area contributed by atoms with Crippen molar-refractivity contribution >= 4 is 0 Å². The molecule has 0 fully saturated rings. The first-order valence-corrected chi connectivity index (χ1v) is 4.68. The number of rotatable bonds is 3. The zero-order valence-electron chi connectivity index (χ0n) is 8.45. The number of nitrogens with one attached hydrogen (secondary N) is 1. The van der Waals surface area contributed by atoms with Gasteiger partial charge in [-0.05, 0) is 6.07 Å². The summed E-state index contributed by atoms with van der Waals surface area (Å²) in [6, 6.07) is 3.30. The van der Waals surface area contributed by atoms with Gasteiger partial charge in [-0.3, -0.25) is 0 Å². The summed E-state index contributed by atoms with van der Waals surface area (Å²) in [5.41, 5.74) is 3.37. The van der Waals surface area contributed by atoms with Crippen LogP contribution in [-0.4, -0.2) is 25.4 Å². The first-order valence-electron chi connectivity index (χ1n) is 4.68. The molecule has 0 unspecified atom stereocenters. The Kier molecular flexibility index (Phi) is 2.94. The monoisotopic (exact) mass is 211 g/mol. The van der Waals surface area contributed by atoms with E-state index in [9.17, 15) is 5.11 Å². The zero-order chi connectivity index (χ0) is 10.7. The molecule has 0 amide bonds. The Hall–Kier alpha value is -1.46. The maximum absolute atomic E-state index is 9.66. The van der Waals surface area contributed by atoms with E-state index in [1.165, 1.54) is 7.11 Å². The minimum Gasteiger partial charge on any atom is -0.507 e. The third-order valence-corrected chi connectivity index (χ3v) is 2.15. The minimum atomic E-state index is 0.170. The lowest BCUT2D eigenvalue weighted by Gasteiger charge is -2.19. The van der Waals surface area contributed by atoms with Gasteiger partial charge in [0.1, 0.15) is 19.0 Å². The van der Waals surface area contributed by atoms with Gasteiger partial charge in [0, 0.05) is 18.2 Å². The molecule has 0 saturated carbocycles. The largest absolute Gasteiger partial charge is 0.507 e. The first kappa shape index (κ1) is 10.1. The number of aromatic hydroxyl groups is 1. The van der Waals surface area contributed by atoms with Gasteiger partial charge in [0.05, 0.1) is 7.11 Å². The van der Waals surface area contributed by atoms with Crippen molar-refractivity contribution in [3.63, 3.8) is 0 Å². The molecule has 0 aromatic heterocycles. The van der Waals surface area contributed by atoms with Crippen LogP contribution in [0.3, 0.4) is 0 Å². The number of hydroxylamine groups is 1. The van der Waals surface area contributed by atoms with E-state index < -0.39 is 0 Å². The molecule has 82 valence electrons. The van der Waals surface area contributed by atoms with Gasteiger partial charge in [0.15, 0.2) is 11.5 Å². The molecule has 5 heteroatoms. The van der Waals surface area contributed by atoms with Crippen molar-refractivity contribution in [3.8, 4) is 17.2 Å². The van der Waals surface area contributed by atoms with Crippen molar-refractivity contribution in [2.24, 2.45) is 0 Å². The summed E-state index contributed by atoms with van der Waals surface area (Å²) >= 11 is 0. The van der Waals surface area contributed by atoms with E-state index in [1.54, 1.807) is 12.1 Å². The summed E-state index contributed by atoms with van der Waals surface area (Å²) in [6.45, 7) is 1.47. The summed E-state index contributed by atoms with van der Waals surface area (Å²) in [4.78, 5) is 4.71. The summed E-state index contributed by atoms with van der Waals surface area (Å²) in [6.07, 6.45) is 0. The molecule has 0 aliphatic carbocycles. The van der Waals surface area contributed by atoms with Crippen LogP contribution in [0.25, 0.3) is 0 Å². The van der Waals surface area contributed by atoms with Gasteiger partial charge in [-0.2, -0.15) is 5.48 Å². The highest BCUT2D eigenvalue weighted by atomic mass is 16.6. The van der Waals surface area contributed by atoms with Crippen LogP contribution in [0, 0.1) is 0 Å². The third-order valence-electron chi connectivity index (χ3n) is 2.15. The van der Waals surface area contributed by atoms with Crippen LogP contribution in [0.15, 0.2) is 12.1 Å². The highest BCUT2D eigenvalue weighted by Gasteiger charge is 2.15. The third kappa shape index (κ3) is 2.14. The van der Waals surface area contributed by atoms with Crippen LogP contribution in [0.5, 0.6) is 17.2 Å². The van der Waals surface area contributed by atoms with E-state index in [0.717, 1.165) is 0 Å². The Bertz CT molecular complexity index is 354. The molecule has 0 saturated heterocycles. The number of hydrogen-bond donors (Lipinski definition) is 2. The summed E-state index contributed by atoms with van der Waals surface area (Å²) in [7, 11) is 1.52. The molecule has 1 aliphatic heterocycles. The normalized spacial score (nSPS) is 13.9. The van der Waals surface area contributed by atoms with Crippen LogP contribution in [0.2, 0.25) is 0 Å². The molecule has 2 rings (SSSR count). The second-order valence-electron chi connectivity index (χ2n) is 3.15. The second-order valence-corrected chi connectivity index (χ2v) is 3.15. The van der Waals surface area contributed by atoms with Crippen molar-refractivity contribution in [2.75, 3.05) is 20.3 Å². The zero-order valence-corrected chi connectivity index (χ0v) is 8.45. The molecule has 5 nitrogen and oxygen atoms in total. The van der Waals surface area contributed by atoms with Gasteiger partial charge in [0.2, 0.25) is 0 Å². The van der Waals surface area contributed by atoms with Crippen molar-refractivity contribution in [1.82, 2.24) is 5.48 Å². The molecule has 1 aromatic carbocycles. The highest BCUT2D eigenvalue weighted by molar-refractivity contribution is 5.50. The smallest absolute Gasteiger partial charge is 0.165 e. The van der Waals surface area contributed by atoms with Crippen LogP contribution in [0.4, 0.5) is 0 Å².